The Balaban J connectivity index is 2.74. The van der Waals surface area contributed by atoms with Gasteiger partial charge in [-0.15, -0.1) is 0 Å². The molecule has 0 aliphatic heterocycles. The van der Waals surface area contributed by atoms with Gasteiger partial charge in [0.2, 0.25) is 5.95 Å². The Kier molecular flexibility index (Phi) is 4.49. The van der Waals surface area contributed by atoms with Crippen LogP contribution in [0.2, 0.25) is 5.02 Å². The Morgan fingerprint density at radius 1 is 1.56 bits per heavy atom. The highest BCUT2D eigenvalue weighted by molar-refractivity contribution is 6.30. The quantitative estimate of drug-likeness (QED) is 0.605. The first-order chi connectivity index (χ1) is 7.54. The second-order valence-electron chi connectivity index (χ2n) is 3.60. The van der Waals surface area contributed by atoms with E-state index in [1.807, 2.05) is 18.7 Å². The molecule has 0 amide bonds. The SMILES string of the molecule is CCN(CC(C)C(=N)N)c1ncc(Cl)cn1. The Labute approximate surface area is 100 Å². The lowest BCUT2D eigenvalue weighted by Gasteiger charge is -2.23. The van der Waals surface area contributed by atoms with Crippen molar-refractivity contribution in [3.05, 3.63) is 17.4 Å². The van der Waals surface area contributed by atoms with Crippen LogP contribution in [0.25, 0.3) is 0 Å². The molecule has 0 aromatic carbocycles. The summed E-state index contributed by atoms with van der Waals surface area (Å²) in [5.41, 5.74) is 5.44. The number of nitrogens with one attached hydrogen (secondary N) is 1. The van der Waals surface area contributed by atoms with Crippen molar-refractivity contribution in [3.8, 4) is 0 Å². The van der Waals surface area contributed by atoms with E-state index in [-0.39, 0.29) is 11.8 Å². The normalized spacial score (nSPS) is 12.2. The minimum Gasteiger partial charge on any atom is -0.387 e. The van der Waals surface area contributed by atoms with Crippen molar-refractivity contribution in [2.24, 2.45) is 11.7 Å². The number of aromatic nitrogens is 2. The van der Waals surface area contributed by atoms with Crippen LogP contribution in [0.4, 0.5) is 5.95 Å². The van der Waals surface area contributed by atoms with Crippen LogP contribution < -0.4 is 10.6 Å². The molecule has 0 fully saturated rings. The fourth-order valence-electron chi connectivity index (χ4n) is 1.25. The highest BCUT2D eigenvalue weighted by Crippen LogP contribution is 2.11. The zero-order chi connectivity index (χ0) is 12.1. The average molecular weight is 242 g/mol. The third-order valence-corrected chi connectivity index (χ3v) is 2.49. The van der Waals surface area contributed by atoms with E-state index in [4.69, 9.17) is 22.7 Å². The fourth-order valence-corrected chi connectivity index (χ4v) is 1.35. The van der Waals surface area contributed by atoms with Gasteiger partial charge in [0, 0.05) is 19.0 Å². The standard InChI is InChI=1S/C10H16ClN5/c1-3-16(6-7(2)9(12)13)10-14-4-8(11)5-15-10/h4-5,7H,3,6H2,1-2H3,(H3,12,13). The number of nitrogens with two attached hydrogens (primary N) is 1. The third kappa shape index (κ3) is 3.34. The largest absolute Gasteiger partial charge is 0.387 e. The molecule has 0 bridgehead atoms. The number of anilines is 1. The Morgan fingerprint density at radius 2 is 2.12 bits per heavy atom. The summed E-state index contributed by atoms with van der Waals surface area (Å²) in [4.78, 5) is 10.2. The van der Waals surface area contributed by atoms with Gasteiger partial charge in [-0.25, -0.2) is 9.97 Å². The van der Waals surface area contributed by atoms with Crippen molar-refractivity contribution in [3.63, 3.8) is 0 Å². The van der Waals surface area contributed by atoms with Gasteiger partial charge >= 0.3 is 0 Å². The van der Waals surface area contributed by atoms with Gasteiger partial charge < -0.3 is 10.6 Å². The number of rotatable bonds is 5. The number of hydrogen-bond donors (Lipinski definition) is 2. The average Bonchev–Trinajstić information content (AvgIpc) is 2.26. The summed E-state index contributed by atoms with van der Waals surface area (Å²) < 4.78 is 0. The molecule has 16 heavy (non-hydrogen) atoms. The first-order valence-electron chi connectivity index (χ1n) is 5.11. The predicted molar refractivity (Wildman–Crippen MR) is 66.0 cm³/mol. The number of hydrogen-bond acceptors (Lipinski definition) is 4. The van der Waals surface area contributed by atoms with Crippen molar-refractivity contribution in [1.82, 2.24) is 9.97 Å². The van der Waals surface area contributed by atoms with Crippen LogP contribution in [0.1, 0.15) is 13.8 Å². The topological polar surface area (TPSA) is 78.9 Å². The van der Waals surface area contributed by atoms with Crippen molar-refractivity contribution >= 4 is 23.4 Å². The van der Waals surface area contributed by atoms with E-state index in [0.717, 1.165) is 6.54 Å². The van der Waals surface area contributed by atoms with E-state index in [1.54, 1.807) is 12.4 Å². The lowest BCUT2D eigenvalue weighted by Crippen LogP contribution is -2.35. The third-order valence-electron chi connectivity index (χ3n) is 2.30. The van der Waals surface area contributed by atoms with Gasteiger partial charge in [0.15, 0.2) is 0 Å². The summed E-state index contributed by atoms with van der Waals surface area (Å²) >= 11 is 5.72. The molecule has 0 saturated carbocycles. The van der Waals surface area contributed by atoms with Crippen molar-refractivity contribution in [1.29, 1.82) is 5.41 Å². The molecule has 3 N–H and O–H groups in total. The Hall–Kier alpha value is -1.36. The van der Waals surface area contributed by atoms with Crippen molar-refractivity contribution in [2.75, 3.05) is 18.0 Å². The minimum absolute atomic E-state index is 0.0146. The minimum atomic E-state index is -0.0146. The summed E-state index contributed by atoms with van der Waals surface area (Å²) in [7, 11) is 0. The monoisotopic (exact) mass is 241 g/mol. The van der Waals surface area contributed by atoms with Gasteiger partial charge in [0.05, 0.1) is 23.3 Å². The molecule has 0 aliphatic carbocycles. The number of amidine groups is 1. The van der Waals surface area contributed by atoms with Crippen LogP contribution in [0.15, 0.2) is 12.4 Å². The lowest BCUT2D eigenvalue weighted by molar-refractivity contribution is 0.681. The molecule has 0 radical (unpaired) electrons. The van der Waals surface area contributed by atoms with E-state index >= 15 is 0 Å². The van der Waals surface area contributed by atoms with Gasteiger partial charge in [0.1, 0.15) is 0 Å². The summed E-state index contributed by atoms with van der Waals surface area (Å²) in [5.74, 6) is 0.770. The zero-order valence-electron chi connectivity index (χ0n) is 9.44. The number of nitrogens with zero attached hydrogens (tertiary/aromatic N) is 3. The maximum atomic E-state index is 7.35. The van der Waals surface area contributed by atoms with Gasteiger partial charge in [-0.05, 0) is 6.92 Å². The summed E-state index contributed by atoms with van der Waals surface area (Å²) in [5, 5.41) is 7.87. The van der Waals surface area contributed by atoms with Crippen molar-refractivity contribution in [2.45, 2.75) is 13.8 Å². The fraction of sp³-hybridized carbons (Fsp3) is 0.500. The molecule has 1 aromatic heterocycles. The first-order valence-corrected chi connectivity index (χ1v) is 5.48. The van der Waals surface area contributed by atoms with Crippen LogP contribution in [0.5, 0.6) is 0 Å². The smallest absolute Gasteiger partial charge is 0.225 e. The molecule has 1 heterocycles. The highest BCUT2D eigenvalue weighted by Gasteiger charge is 2.13. The lowest BCUT2D eigenvalue weighted by atomic mass is 10.1. The van der Waals surface area contributed by atoms with Crippen LogP contribution >= 0.6 is 11.6 Å². The molecule has 88 valence electrons. The molecule has 1 aromatic rings. The van der Waals surface area contributed by atoms with E-state index in [2.05, 4.69) is 9.97 Å². The van der Waals surface area contributed by atoms with Gasteiger partial charge in [0.25, 0.3) is 0 Å². The Bertz CT molecular complexity index is 351. The van der Waals surface area contributed by atoms with E-state index in [1.165, 1.54) is 0 Å². The molecular formula is C10H16ClN5. The second kappa shape index (κ2) is 5.65. The molecule has 0 aliphatic rings. The molecular weight excluding hydrogens is 226 g/mol. The maximum absolute atomic E-state index is 7.35. The van der Waals surface area contributed by atoms with Gasteiger partial charge in [-0.2, -0.15) is 0 Å². The summed E-state index contributed by atoms with van der Waals surface area (Å²) in [6.07, 6.45) is 3.12. The molecule has 6 heteroatoms. The highest BCUT2D eigenvalue weighted by atomic mass is 35.5. The van der Waals surface area contributed by atoms with E-state index in [0.29, 0.717) is 17.5 Å². The molecule has 0 spiro atoms. The molecule has 1 unspecified atom stereocenters. The number of halogens is 1. The summed E-state index contributed by atoms with van der Waals surface area (Å²) in [6.45, 7) is 5.30. The molecule has 1 atom stereocenters. The van der Waals surface area contributed by atoms with E-state index in [9.17, 15) is 0 Å². The Morgan fingerprint density at radius 3 is 2.56 bits per heavy atom. The molecule has 5 nitrogen and oxygen atoms in total. The van der Waals surface area contributed by atoms with Crippen LogP contribution in [0, 0.1) is 11.3 Å². The predicted octanol–water partition coefficient (Wildman–Crippen LogP) is 1.53. The van der Waals surface area contributed by atoms with E-state index < -0.39 is 0 Å². The molecule has 0 saturated heterocycles. The van der Waals surface area contributed by atoms with Gasteiger partial charge in [-0.3, -0.25) is 5.41 Å². The second-order valence-corrected chi connectivity index (χ2v) is 4.03. The maximum Gasteiger partial charge on any atom is 0.225 e. The van der Waals surface area contributed by atoms with Crippen LogP contribution in [-0.4, -0.2) is 28.9 Å². The zero-order valence-corrected chi connectivity index (χ0v) is 10.2. The molecule has 1 rings (SSSR count). The van der Waals surface area contributed by atoms with Crippen LogP contribution in [-0.2, 0) is 0 Å². The summed E-state index contributed by atoms with van der Waals surface area (Å²) in [6, 6.07) is 0. The van der Waals surface area contributed by atoms with Gasteiger partial charge in [-0.1, -0.05) is 18.5 Å². The first kappa shape index (κ1) is 12.7. The van der Waals surface area contributed by atoms with Crippen molar-refractivity contribution < 1.29 is 0 Å². The van der Waals surface area contributed by atoms with Crippen LogP contribution in [0.3, 0.4) is 0 Å².